The zero-order valence-corrected chi connectivity index (χ0v) is 12.7. The van der Waals surface area contributed by atoms with E-state index in [9.17, 15) is 4.79 Å². The van der Waals surface area contributed by atoms with Gasteiger partial charge in [0.05, 0.1) is 5.75 Å². The van der Waals surface area contributed by atoms with Crippen molar-refractivity contribution in [2.75, 3.05) is 18.8 Å². The molecule has 1 fully saturated rings. The molecule has 0 radical (unpaired) electrons. The number of hydrogen-bond acceptors (Lipinski definition) is 3. The third-order valence-corrected chi connectivity index (χ3v) is 4.46. The van der Waals surface area contributed by atoms with Gasteiger partial charge >= 0.3 is 0 Å². The minimum Gasteiger partial charge on any atom is -0.325 e. The molecule has 0 saturated carbocycles. The Bertz CT molecular complexity index is 448. The largest absolute Gasteiger partial charge is 0.325 e. The molecule has 0 unspecified atom stereocenters. The van der Waals surface area contributed by atoms with Crippen molar-refractivity contribution in [1.82, 2.24) is 10.2 Å². The number of nitrogens with zero attached hydrogens (tertiary/aromatic N) is 1. The average molecular weight is 278 g/mol. The van der Waals surface area contributed by atoms with E-state index in [0.717, 1.165) is 13.1 Å². The maximum atomic E-state index is 12.0. The number of aryl methyl sites for hydroxylation is 1. The molecule has 0 aliphatic carbocycles. The number of carbonyl (C=O) groups excluding carboxylic acids is 1. The van der Waals surface area contributed by atoms with Crippen LogP contribution in [0.3, 0.4) is 0 Å². The lowest BCUT2D eigenvalue weighted by atomic mass is 10.1. The van der Waals surface area contributed by atoms with Crippen LogP contribution in [-0.4, -0.2) is 35.7 Å². The van der Waals surface area contributed by atoms with Crippen molar-refractivity contribution in [2.24, 2.45) is 0 Å². The highest BCUT2D eigenvalue weighted by atomic mass is 32.2. The number of amides is 1. The summed E-state index contributed by atoms with van der Waals surface area (Å²) in [7, 11) is 0. The number of carbonyl (C=O) groups is 1. The van der Waals surface area contributed by atoms with Gasteiger partial charge in [0.1, 0.15) is 5.37 Å². The van der Waals surface area contributed by atoms with Crippen molar-refractivity contribution in [1.29, 1.82) is 0 Å². The van der Waals surface area contributed by atoms with E-state index in [1.807, 2.05) is 4.90 Å². The molecule has 104 valence electrons. The van der Waals surface area contributed by atoms with Crippen LogP contribution in [0.4, 0.5) is 0 Å². The molecule has 1 aromatic rings. The molecule has 0 aromatic heterocycles. The van der Waals surface area contributed by atoms with E-state index in [0.29, 0.717) is 11.8 Å². The fourth-order valence-corrected chi connectivity index (χ4v) is 3.48. The molecule has 3 nitrogen and oxygen atoms in total. The van der Waals surface area contributed by atoms with Gasteiger partial charge in [-0.25, -0.2) is 0 Å². The summed E-state index contributed by atoms with van der Waals surface area (Å²) < 4.78 is 0. The molecular formula is C15H22N2OS. The predicted molar refractivity (Wildman–Crippen MR) is 81.2 cm³/mol. The monoisotopic (exact) mass is 278 g/mol. The van der Waals surface area contributed by atoms with Gasteiger partial charge in [0.15, 0.2) is 0 Å². The van der Waals surface area contributed by atoms with Crippen molar-refractivity contribution < 1.29 is 4.79 Å². The van der Waals surface area contributed by atoms with E-state index in [4.69, 9.17) is 0 Å². The van der Waals surface area contributed by atoms with E-state index in [-0.39, 0.29) is 11.3 Å². The van der Waals surface area contributed by atoms with Gasteiger partial charge < -0.3 is 10.2 Å². The normalized spacial score (nSPS) is 19.5. The summed E-state index contributed by atoms with van der Waals surface area (Å²) in [5, 5.41) is 3.55. The molecule has 1 amide bonds. The molecule has 2 rings (SSSR count). The molecule has 19 heavy (non-hydrogen) atoms. The molecule has 1 heterocycles. The van der Waals surface area contributed by atoms with Gasteiger partial charge in [-0.2, -0.15) is 0 Å². The zero-order valence-electron chi connectivity index (χ0n) is 11.8. The molecule has 4 heteroatoms. The van der Waals surface area contributed by atoms with Crippen molar-refractivity contribution >= 4 is 17.7 Å². The maximum absolute atomic E-state index is 12.0. The van der Waals surface area contributed by atoms with Gasteiger partial charge in [-0.15, -0.1) is 11.8 Å². The van der Waals surface area contributed by atoms with Crippen LogP contribution in [0.25, 0.3) is 0 Å². The SMILES string of the molecule is Cc1cccc([C@@H]2SCC(=O)N2CCNC(C)C)c1. The molecule has 1 aliphatic heterocycles. The van der Waals surface area contributed by atoms with E-state index >= 15 is 0 Å². The van der Waals surface area contributed by atoms with E-state index in [1.165, 1.54) is 11.1 Å². The van der Waals surface area contributed by atoms with Crippen LogP contribution in [0.15, 0.2) is 24.3 Å². The quantitative estimate of drug-likeness (QED) is 0.898. The summed E-state index contributed by atoms with van der Waals surface area (Å²) in [5.74, 6) is 0.849. The highest BCUT2D eigenvalue weighted by molar-refractivity contribution is 8.00. The molecular weight excluding hydrogens is 256 g/mol. The summed E-state index contributed by atoms with van der Waals surface area (Å²) in [5.41, 5.74) is 2.48. The second-order valence-corrected chi connectivity index (χ2v) is 6.34. The van der Waals surface area contributed by atoms with Gasteiger partial charge in [0, 0.05) is 19.1 Å². The summed E-state index contributed by atoms with van der Waals surface area (Å²) in [6, 6.07) is 8.92. The summed E-state index contributed by atoms with van der Waals surface area (Å²) in [4.78, 5) is 14.0. The van der Waals surface area contributed by atoms with Crippen LogP contribution >= 0.6 is 11.8 Å². The van der Waals surface area contributed by atoms with Crippen LogP contribution < -0.4 is 5.32 Å². The third-order valence-electron chi connectivity index (χ3n) is 3.20. The van der Waals surface area contributed by atoms with Crippen molar-refractivity contribution in [2.45, 2.75) is 32.2 Å². The first-order valence-corrected chi connectivity index (χ1v) is 7.84. The molecule has 1 aliphatic rings. The second kappa shape index (κ2) is 6.44. The third kappa shape index (κ3) is 3.74. The first kappa shape index (κ1) is 14.4. The van der Waals surface area contributed by atoms with Crippen LogP contribution in [0.1, 0.15) is 30.3 Å². The van der Waals surface area contributed by atoms with Crippen molar-refractivity contribution in [3.8, 4) is 0 Å². The van der Waals surface area contributed by atoms with Crippen molar-refractivity contribution in [3.05, 3.63) is 35.4 Å². The average Bonchev–Trinajstić information content (AvgIpc) is 2.71. The molecule has 0 spiro atoms. The lowest BCUT2D eigenvalue weighted by molar-refractivity contribution is -0.128. The summed E-state index contributed by atoms with van der Waals surface area (Å²) in [6.07, 6.45) is 0. The zero-order chi connectivity index (χ0) is 13.8. The van der Waals surface area contributed by atoms with E-state index in [2.05, 4.69) is 50.4 Å². The fourth-order valence-electron chi connectivity index (χ4n) is 2.27. The smallest absolute Gasteiger partial charge is 0.233 e. The standard InChI is InChI=1S/C15H22N2OS/c1-11(2)16-7-8-17-14(18)10-19-15(17)13-6-4-5-12(3)9-13/h4-6,9,11,15-16H,7-8,10H2,1-3H3/t15-/m0/s1. The molecule has 1 aromatic carbocycles. The van der Waals surface area contributed by atoms with E-state index in [1.54, 1.807) is 11.8 Å². The topological polar surface area (TPSA) is 32.3 Å². The lowest BCUT2D eigenvalue weighted by Crippen LogP contribution is -2.37. The molecule has 1 atom stereocenters. The van der Waals surface area contributed by atoms with E-state index < -0.39 is 0 Å². The minimum absolute atomic E-state index is 0.182. The number of thioether (sulfide) groups is 1. The van der Waals surface area contributed by atoms with Gasteiger partial charge in [-0.3, -0.25) is 4.79 Å². The first-order chi connectivity index (χ1) is 9.08. The van der Waals surface area contributed by atoms with Gasteiger partial charge in [0.2, 0.25) is 5.91 Å². The van der Waals surface area contributed by atoms with Crippen LogP contribution in [-0.2, 0) is 4.79 Å². The second-order valence-electron chi connectivity index (χ2n) is 5.27. The Morgan fingerprint density at radius 1 is 1.47 bits per heavy atom. The van der Waals surface area contributed by atoms with Gasteiger partial charge in [-0.05, 0) is 12.5 Å². The Labute approximate surface area is 119 Å². The minimum atomic E-state index is 0.182. The van der Waals surface area contributed by atoms with Crippen LogP contribution in [0, 0.1) is 6.92 Å². The lowest BCUT2D eigenvalue weighted by Gasteiger charge is -2.25. The first-order valence-electron chi connectivity index (χ1n) is 6.79. The summed E-state index contributed by atoms with van der Waals surface area (Å²) >= 11 is 1.73. The van der Waals surface area contributed by atoms with Crippen molar-refractivity contribution in [3.63, 3.8) is 0 Å². The van der Waals surface area contributed by atoms with Crippen LogP contribution in [0.2, 0.25) is 0 Å². The highest BCUT2D eigenvalue weighted by Gasteiger charge is 2.32. The molecule has 1 saturated heterocycles. The fraction of sp³-hybridized carbons (Fsp3) is 0.533. The number of rotatable bonds is 5. The number of hydrogen-bond donors (Lipinski definition) is 1. The van der Waals surface area contributed by atoms with Gasteiger partial charge in [0.25, 0.3) is 0 Å². The number of benzene rings is 1. The Kier molecular flexibility index (Phi) is 4.88. The Morgan fingerprint density at radius 2 is 2.26 bits per heavy atom. The Morgan fingerprint density at radius 3 is 2.95 bits per heavy atom. The predicted octanol–water partition coefficient (Wildman–Crippen LogP) is 2.57. The maximum Gasteiger partial charge on any atom is 0.233 e. The highest BCUT2D eigenvalue weighted by Crippen LogP contribution is 2.38. The van der Waals surface area contributed by atoms with Gasteiger partial charge in [-0.1, -0.05) is 43.7 Å². The Hall–Kier alpha value is -1.00. The van der Waals surface area contributed by atoms with Crippen LogP contribution in [0.5, 0.6) is 0 Å². The molecule has 0 bridgehead atoms. The number of nitrogens with one attached hydrogen (secondary N) is 1. The Balaban J connectivity index is 2.04. The summed E-state index contributed by atoms with van der Waals surface area (Å²) in [6.45, 7) is 7.97. The molecule has 1 N–H and O–H groups in total.